The van der Waals surface area contributed by atoms with Crippen LogP contribution in [0.25, 0.3) is 0 Å². The fraction of sp³-hybridized carbons (Fsp3) is 0.300. The van der Waals surface area contributed by atoms with E-state index in [2.05, 4.69) is 64.7 Å². The van der Waals surface area contributed by atoms with E-state index in [1.165, 1.54) is 0 Å². The summed E-state index contributed by atoms with van der Waals surface area (Å²) in [4.78, 5) is 28.6. The molecule has 0 unspecified atom stereocenters. The van der Waals surface area contributed by atoms with Crippen LogP contribution in [-0.2, 0) is 4.79 Å². The van der Waals surface area contributed by atoms with Crippen LogP contribution in [0.2, 0.25) is 0 Å². The van der Waals surface area contributed by atoms with Crippen molar-refractivity contribution in [1.82, 2.24) is 4.90 Å². The summed E-state index contributed by atoms with van der Waals surface area (Å²) in [6.07, 6.45) is 0.557. The zero-order chi connectivity index (χ0) is 20.3. The van der Waals surface area contributed by atoms with Crippen molar-refractivity contribution in [2.75, 3.05) is 36.4 Å². The van der Waals surface area contributed by atoms with Crippen LogP contribution in [0, 0.1) is 3.57 Å². The van der Waals surface area contributed by atoms with Gasteiger partial charge in [0.1, 0.15) is 0 Å². The molecule has 1 saturated heterocycles. The smallest absolute Gasteiger partial charge is 0.256 e. The zero-order valence-electron chi connectivity index (χ0n) is 15.3. The Labute approximate surface area is 195 Å². The summed E-state index contributed by atoms with van der Waals surface area (Å²) >= 11 is 9.06. The Morgan fingerprint density at radius 2 is 1.71 bits per heavy atom. The van der Waals surface area contributed by atoms with Crippen molar-refractivity contribution in [3.8, 4) is 0 Å². The van der Waals surface area contributed by atoms with E-state index in [1.54, 1.807) is 0 Å². The van der Waals surface area contributed by atoms with E-state index >= 15 is 0 Å². The van der Waals surface area contributed by atoms with Gasteiger partial charge in [-0.1, -0.05) is 22.9 Å². The van der Waals surface area contributed by atoms with Gasteiger partial charge in [-0.25, -0.2) is 0 Å². The quantitative estimate of drug-likeness (QED) is 0.381. The van der Waals surface area contributed by atoms with Gasteiger partial charge in [0, 0.05) is 56.5 Å². The molecular formula is C20H20Br2IN3O2. The Hall–Kier alpha value is -1.13. The predicted octanol–water partition coefficient (Wildman–Crippen LogP) is 5.13. The molecule has 0 atom stereocenters. The van der Waals surface area contributed by atoms with E-state index in [0.717, 1.165) is 50.1 Å². The fourth-order valence-electron chi connectivity index (χ4n) is 3.11. The zero-order valence-corrected chi connectivity index (χ0v) is 20.7. The Morgan fingerprint density at radius 1 is 1.07 bits per heavy atom. The van der Waals surface area contributed by atoms with Gasteiger partial charge < -0.3 is 15.1 Å². The molecule has 1 N–H and O–H groups in total. The van der Waals surface area contributed by atoms with Crippen molar-refractivity contribution in [3.63, 3.8) is 0 Å². The second kappa shape index (κ2) is 9.58. The molecule has 0 saturated carbocycles. The molecule has 0 aliphatic carbocycles. The summed E-state index contributed by atoms with van der Waals surface area (Å²) in [6, 6.07) is 11.6. The molecule has 148 valence electrons. The van der Waals surface area contributed by atoms with Gasteiger partial charge in [-0.2, -0.15) is 0 Å². The molecule has 28 heavy (non-hydrogen) atoms. The molecule has 2 amide bonds. The lowest BCUT2D eigenvalue weighted by atomic mass is 10.2. The molecule has 5 nitrogen and oxygen atoms in total. The summed E-state index contributed by atoms with van der Waals surface area (Å²) in [7, 11) is 0. The van der Waals surface area contributed by atoms with Crippen LogP contribution >= 0.6 is 54.5 Å². The van der Waals surface area contributed by atoms with Crippen molar-refractivity contribution in [1.29, 1.82) is 0 Å². The average molecular weight is 621 g/mol. The minimum atomic E-state index is -0.147. The molecule has 2 aromatic rings. The van der Waals surface area contributed by atoms with Gasteiger partial charge in [0.05, 0.1) is 5.56 Å². The number of hydrogen-bond donors (Lipinski definition) is 1. The topological polar surface area (TPSA) is 52.7 Å². The maximum atomic E-state index is 12.6. The molecule has 1 heterocycles. The lowest BCUT2D eigenvalue weighted by Crippen LogP contribution is -2.48. The highest BCUT2D eigenvalue weighted by atomic mass is 127. The van der Waals surface area contributed by atoms with Crippen molar-refractivity contribution in [3.05, 3.63) is 54.5 Å². The third-order valence-electron chi connectivity index (χ3n) is 4.66. The average Bonchev–Trinajstić information content (AvgIpc) is 2.70. The summed E-state index contributed by atoms with van der Waals surface area (Å²) in [5.41, 5.74) is 2.46. The minimum Gasteiger partial charge on any atom is -0.368 e. The number of nitrogens with zero attached hydrogens (tertiary/aromatic N) is 2. The van der Waals surface area contributed by atoms with Crippen LogP contribution in [0.5, 0.6) is 0 Å². The van der Waals surface area contributed by atoms with E-state index in [-0.39, 0.29) is 11.8 Å². The van der Waals surface area contributed by atoms with E-state index < -0.39 is 0 Å². The highest BCUT2D eigenvalue weighted by Crippen LogP contribution is 2.28. The van der Waals surface area contributed by atoms with E-state index in [0.29, 0.717) is 12.0 Å². The molecule has 0 spiro atoms. The summed E-state index contributed by atoms with van der Waals surface area (Å²) in [6.45, 7) is 5.04. The highest BCUT2D eigenvalue weighted by molar-refractivity contribution is 14.1. The third-order valence-corrected chi connectivity index (χ3v) is 7.65. The van der Waals surface area contributed by atoms with Gasteiger partial charge in [0.15, 0.2) is 0 Å². The highest BCUT2D eigenvalue weighted by Gasteiger charge is 2.20. The monoisotopic (exact) mass is 619 g/mol. The summed E-state index contributed by atoms with van der Waals surface area (Å²) < 4.78 is 2.60. The van der Waals surface area contributed by atoms with Crippen LogP contribution in [0.4, 0.5) is 11.4 Å². The number of nitrogens with one attached hydrogen (secondary N) is 1. The molecule has 1 aliphatic rings. The predicted molar refractivity (Wildman–Crippen MR) is 128 cm³/mol. The number of benzene rings is 2. The van der Waals surface area contributed by atoms with E-state index in [9.17, 15) is 9.59 Å². The van der Waals surface area contributed by atoms with Crippen molar-refractivity contribution < 1.29 is 9.59 Å². The van der Waals surface area contributed by atoms with Crippen LogP contribution in [-0.4, -0.2) is 42.9 Å². The Balaban J connectivity index is 1.64. The summed E-state index contributed by atoms with van der Waals surface area (Å²) in [5, 5.41) is 2.96. The molecule has 1 fully saturated rings. The van der Waals surface area contributed by atoms with Gasteiger partial charge in [0.25, 0.3) is 5.91 Å². The maximum absolute atomic E-state index is 12.6. The second-order valence-electron chi connectivity index (χ2n) is 6.47. The normalized spacial score (nSPS) is 14.1. The first-order valence-electron chi connectivity index (χ1n) is 8.97. The number of anilines is 2. The minimum absolute atomic E-state index is 0.147. The summed E-state index contributed by atoms with van der Waals surface area (Å²) in [5.74, 6) is 0.0670. The van der Waals surface area contributed by atoms with Crippen molar-refractivity contribution in [2.45, 2.75) is 13.3 Å². The lowest BCUT2D eigenvalue weighted by molar-refractivity contribution is -0.131. The molecule has 0 aromatic heterocycles. The Kier molecular flexibility index (Phi) is 7.38. The third kappa shape index (κ3) is 5.07. The van der Waals surface area contributed by atoms with Gasteiger partial charge in [-0.3, -0.25) is 9.59 Å². The van der Waals surface area contributed by atoms with Gasteiger partial charge in [-0.15, -0.1) is 0 Å². The molecule has 2 aromatic carbocycles. The van der Waals surface area contributed by atoms with E-state index in [4.69, 9.17) is 0 Å². The van der Waals surface area contributed by atoms with Crippen LogP contribution < -0.4 is 10.2 Å². The SMILES string of the molecule is CCC(=O)N1CCN(c2ccc(NC(=O)c3cc(Br)cc(Br)c3I)cc2)CC1. The number of rotatable bonds is 4. The number of amides is 2. The molecular weight excluding hydrogens is 601 g/mol. The van der Waals surface area contributed by atoms with Crippen LogP contribution in [0.1, 0.15) is 23.7 Å². The largest absolute Gasteiger partial charge is 0.368 e. The Bertz CT molecular complexity index is 882. The number of carbonyl (C=O) groups is 2. The van der Waals surface area contributed by atoms with Gasteiger partial charge in [0.2, 0.25) is 5.91 Å². The maximum Gasteiger partial charge on any atom is 0.256 e. The molecule has 8 heteroatoms. The number of hydrogen-bond acceptors (Lipinski definition) is 3. The number of piperazine rings is 1. The number of carbonyl (C=O) groups excluding carboxylic acids is 2. The van der Waals surface area contributed by atoms with Crippen molar-refractivity contribution >= 4 is 77.6 Å². The number of halogens is 3. The van der Waals surface area contributed by atoms with Crippen molar-refractivity contribution in [2.24, 2.45) is 0 Å². The van der Waals surface area contributed by atoms with Crippen LogP contribution in [0.3, 0.4) is 0 Å². The van der Waals surface area contributed by atoms with Gasteiger partial charge in [-0.05, 0) is 74.9 Å². The van der Waals surface area contributed by atoms with Gasteiger partial charge >= 0.3 is 0 Å². The first-order valence-corrected chi connectivity index (χ1v) is 11.6. The molecule has 0 radical (unpaired) electrons. The van der Waals surface area contributed by atoms with E-state index in [1.807, 2.05) is 48.2 Å². The molecule has 1 aliphatic heterocycles. The molecule has 0 bridgehead atoms. The molecule has 3 rings (SSSR count). The Morgan fingerprint density at radius 3 is 2.32 bits per heavy atom. The standard InChI is InChI=1S/C20H20Br2IN3O2/c1-2-18(27)26-9-7-25(8-10-26)15-5-3-14(4-6-15)24-20(28)16-11-13(21)12-17(22)19(16)23/h3-6,11-12H,2,7-10H2,1H3,(H,24,28). The second-order valence-corrected chi connectivity index (χ2v) is 9.32. The first kappa shape index (κ1) is 21.6. The first-order chi connectivity index (χ1) is 13.4. The lowest BCUT2D eigenvalue weighted by Gasteiger charge is -2.36. The van der Waals surface area contributed by atoms with Crippen LogP contribution in [0.15, 0.2) is 45.3 Å². The fourth-order valence-corrected chi connectivity index (χ4v) is 4.89.